The van der Waals surface area contributed by atoms with Crippen molar-refractivity contribution in [2.24, 2.45) is 0 Å². The molecule has 1 saturated heterocycles. The van der Waals surface area contributed by atoms with Crippen LogP contribution in [0.1, 0.15) is 103 Å². The molecule has 24 heavy (non-hydrogen) atoms. The van der Waals surface area contributed by atoms with Gasteiger partial charge in [0.1, 0.15) is 0 Å². The minimum Gasteiger partial charge on any atom is -0.395 e. The average Bonchev–Trinajstić information content (AvgIpc) is 2.56. The second kappa shape index (κ2) is 16.7. The summed E-state index contributed by atoms with van der Waals surface area (Å²) in [6.45, 7) is 4.44. The SMILES string of the molecule is CCCCCCCCCCCCCCCCOC[C@H]1C[C@H](CO)S1. The van der Waals surface area contributed by atoms with E-state index in [1.165, 1.54) is 89.9 Å². The molecule has 2 atom stereocenters. The van der Waals surface area contributed by atoms with E-state index in [-0.39, 0.29) is 0 Å². The minimum absolute atomic E-state index is 0.333. The molecule has 0 aromatic heterocycles. The van der Waals surface area contributed by atoms with Crippen molar-refractivity contribution in [3.8, 4) is 0 Å². The van der Waals surface area contributed by atoms with Crippen LogP contribution in [0.25, 0.3) is 0 Å². The normalized spacial score (nSPS) is 20.2. The molecule has 144 valence electrons. The molecule has 1 heterocycles. The second-order valence-corrected chi connectivity index (χ2v) is 9.07. The van der Waals surface area contributed by atoms with Crippen LogP contribution in [0.3, 0.4) is 0 Å². The zero-order valence-corrected chi connectivity index (χ0v) is 17.0. The highest BCUT2D eigenvalue weighted by atomic mass is 32.2. The number of aliphatic hydroxyl groups excluding tert-OH is 1. The summed E-state index contributed by atoms with van der Waals surface area (Å²) in [6, 6.07) is 0. The van der Waals surface area contributed by atoms with E-state index in [2.05, 4.69) is 6.92 Å². The molecule has 1 aliphatic heterocycles. The molecule has 0 spiro atoms. The molecule has 0 saturated carbocycles. The third-order valence-corrected chi connectivity index (χ3v) is 6.50. The molecule has 3 heteroatoms. The molecule has 0 aromatic carbocycles. The highest BCUT2D eigenvalue weighted by molar-refractivity contribution is 8.01. The van der Waals surface area contributed by atoms with Gasteiger partial charge in [-0.15, -0.1) is 0 Å². The molecule has 1 aliphatic rings. The van der Waals surface area contributed by atoms with E-state index in [1.807, 2.05) is 11.8 Å². The first kappa shape index (κ1) is 22.3. The van der Waals surface area contributed by atoms with E-state index in [9.17, 15) is 0 Å². The van der Waals surface area contributed by atoms with Crippen molar-refractivity contribution in [1.29, 1.82) is 0 Å². The van der Waals surface area contributed by atoms with Crippen molar-refractivity contribution in [1.82, 2.24) is 0 Å². The van der Waals surface area contributed by atoms with Gasteiger partial charge in [-0.3, -0.25) is 0 Å². The first-order valence-electron chi connectivity index (χ1n) is 10.7. The largest absolute Gasteiger partial charge is 0.395 e. The Bertz CT molecular complexity index is 254. The summed E-state index contributed by atoms with van der Waals surface area (Å²) < 4.78 is 5.73. The summed E-state index contributed by atoms with van der Waals surface area (Å²) in [4.78, 5) is 0. The van der Waals surface area contributed by atoms with Crippen molar-refractivity contribution in [3.63, 3.8) is 0 Å². The van der Waals surface area contributed by atoms with Gasteiger partial charge in [-0.05, 0) is 12.8 Å². The van der Waals surface area contributed by atoms with Crippen molar-refractivity contribution in [2.75, 3.05) is 19.8 Å². The first-order chi connectivity index (χ1) is 11.9. The molecule has 0 bridgehead atoms. The zero-order chi connectivity index (χ0) is 17.3. The predicted octanol–water partition coefficient (Wildman–Crippen LogP) is 6.35. The van der Waals surface area contributed by atoms with E-state index in [4.69, 9.17) is 9.84 Å². The number of thioether (sulfide) groups is 1. The van der Waals surface area contributed by atoms with Gasteiger partial charge in [0.25, 0.3) is 0 Å². The molecular weight excluding hydrogens is 316 g/mol. The number of rotatable bonds is 18. The third-order valence-electron chi connectivity index (χ3n) is 5.06. The van der Waals surface area contributed by atoms with E-state index >= 15 is 0 Å². The Labute approximate surface area is 155 Å². The van der Waals surface area contributed by atoms with Crippen LogP contribution in [0.15, 0.2) is 0 Å². The standard InChI is InChI=1S/C21H42O2S/c1-2-3-4-5-6-7-8-9-10-11-12-13-14-15-16-23-19-21-17-20(18-22)24-21/h20-22H,2-19H2,1H3/t20-,21-/m1/s1. The van der Waals surface area contributed by atoms with Gasteiger partial charge in [0.15, 0.2) is 0 Å². The lowest BCUT2D eigenvalue weighted by Crippen LogP contribution is -2.32. The zero-order valence-electron chi connectivity index (χ0n) is 16.1. The van der Waals surface area contributed by atoms with Gasteiger partial charge in [0, 0.05) is 17.1 Å². The number of hydrogen-bond acceptors (Lipinski definition) is 3. The summed E-state index contributed by atoms with van der Waals surface area (Å²) in [7, 11) is 0. The van der Waals surface area contributed by atoms with Crippen LogP contribution in [0.2, 0.25) is 0 Å². The molecule has 0 aliphatic carbocycles. The summed E-state index contributed by atoms with van der Waals surface area (Å²) >= 11 is 1.89. The Morgan fingerprint density at radius 1 is 0.750 bits per heavy atom. The van der Waals surface area contributed by atoms with Crippen LogP contribution >= 0.6 is 11.8 Å². The monoisotopic (exact) mass is 358 g/mol. The van der Waals surface area contributed by atoms with Crippen LogP contribution in [0.4, 0.5) is 0 Å². The molecule has 1 rings (SSSR count). The molecule has 0 unspecified atom stereocenters. The molecule has 0 aromatic rings. The molecule has 0 radical (unpaired) electrons. The Hall–Kier alpha value is 0.270. The lowest BCUT2D eigenvalue weighted by molar-refractivity contribution is 0.124. The van der Waals surface area contributed by atoms with Gasteiger partial charge in [-0.25, -0.2) is 0 Å². The fourth-order valence-corrected chi connectivity index (χ4v) is 4.53. The Morgan fingerprint density at radius 3 is 1.67 bits per heavy atom. The number of hydrogen-bond donors (Lipinski definition) is 1. The van der Waals surface area contributed by atoms with E-state index in [1.54, 1.807) is 0 Å². The summed E-state index contributed by atoms with van der Waals surface area (Å²) in [6.07, 6.45) is 20.9. The van der Waals surface area contributed by atoms with Gasteiger partial charge < -0.3 is 9.84 Å². The van der Waals surface area contributed by atoms with Crippen molar-refractivity contribution >= 4 is 11.8 Å². The maximum absolute atomic E-state index is 8.95. The topological polar surface area (TPSA) is 29.5 Å². The van der Waals surface area contributed by atoms with E-state index < -0.39 is 0 Å². The summed E-state index contributed by atoms with van der Waals surface area (Å²) in [5.41, 5.74) is 0. The van der Waals surface area contributed by atoms with Gasteiger partial charge in [0.05, 0.1) is 13.2 Å². The maximum Gasteiger partial charge on any atom is 0.0585 e. The molecule has 0 amide bonds. The Morgan fingerprint density at radius 2 is 1.21 bits per heavy atom. The first-order valence-corrected chi connectivity index (χ1v) is 11.6. The number of aliphatic hydroxyl groups is 1. The summed E-state index contributed by atoms with van der Waals surface area (Å²) in [5.74, 6) is 0. The summed E-state index contributed by atoms with van der Waals surface area (Å²) in [5, 5.41) is 10.1. The quantitative estimate of drug-likeness (QED) is 0.289. The molecule has 1 fully saturated rings. The lowest BCUT2D eigenvalue weighted by Gasteiger charge is -2.33. The molecular formula is C21H42O2S. The molecule has 1 N–H and O–H groups in total. The Kier molecular flexibility index (Phi) is 15.5. The van der Waals surface area contributed by atoms with Crippen molar-refractivity contribution in [2.45, 2.75) is 114 Å². The highest BCUT2D eigenvalue weighted by Crippen LogP contribution is 2.36. The van der Waals surface area contributed by atoms with Gasteiger partial charge in [-0.2, -0.15) is 11.8 Å². The van der Waals surface area contributed by atoms with Crippen LogP contribution in [0, 0.1) is 0 Å². The second-order valence-electron chi connectivity index (χ2n) is 7.47. The third kappa shape index (κ3) is 12.6. The van der Waals surface area contributed by atoms with Crippen molar-refractivity contribution < 1.29 is 9.84 Å². The van der Waals surface area contributed by atoms with E-state index in [0.29, 0.717) is 17.1 Å². The van der Waals surface area contributed by atoms with Crippen LogP contribution in [-0.2, 0) is 4.74 Å². The van der Waals surface area contributed by atoms with Crippen LogP contribution in [0.5, 0.6) is 0 Å². The lowest BCUT2D eigenvalue weighted by atomic mass is 10.0. The highest BCUT2D eigenvalue weighted by Gasteiger charge is 2.28. The smallest absolute Gasteiger partial charge is 0.0585 e. The fourth-order valence-electron chi connectivity index (χ4n) is 3.39. The van der Waals surface area contributed by atoms with Gasteiger partial charge in [-0.1, -0.05) is 90.4 Å². The average molecular weight is 359 g/mol. The number of unbranched alkanes of at least 4 members (excludes halogenated alkanes) is 13. The maximum atomic E-state index is 8.95. The predicted molar refractivity (Wildman–Crippen MR) is 108 cm³/mol. The molecule has 2 nitrogen and oxygen atoms in total. The van der Waals surface area contributed by atoms with Crippen LogP contribution < -0.4 is 0 Å². The Balaban J connectivity index is 1.64. The van der Waals surface area contributed by atoms with Crippen molar-refractivity contribution in [3.05, 3.63) is 0 Å². The van der Waals surface area contributed by atoms with E-state index in [0.717, 1.165) is 19.6 Å². The minimum atomic E-state index is 0.333. The van der Waals surface area contributed by atoms with Crippen LogP contribution in [-0.4, -0.2) is 35.4 Å². The van der Waals surface area contributed by atoms with Gasteiger partial charge in [0.2, 0.25) is 0 Å². The van der Waals surface area contributed by atoms with Gasteiger partial charge >= 0.3 is 0 Å². The number of ether oxygens (including phenoxy) is 1. The fraction of sp³-hybridized carbons (Fsp3) is 1.00.